The second-order valence-corrected chi connectivity index (χ2v) is 6.70. The zero-order valence-corrected chi connectivity index (χ0v) is 15.1. The van der Waals surface area contributed by atoms with Crippen LogP contribution in [0.3, 0.4) is 0 Å². The molecular weight excluding hydrogens is 310 g/mol. The minimum Gasteiger partial charge on any atom is -0.457 e. The summed E-state index contributed by atoms with van der Waals surface area (Å²) >= 11 is 0. The highest BCUT2D eigenvalue weighted by Crippen LogP contribution is 2.25. The van der Waals surface area contributed by atoms with Crippen molar-refractivity contribution >= 4 is 0 Å². The fourth-order valence-corrected chi connectivity index (χ4v) is 3.06. The summed E-state index contributed by atoms with van der Waals surface area (Å²) in [7, 11) is 0. The Balaban J connectivity index is 1.51. The Morgan fingerprint density at radius 1 is 1.00 bits per heavy atom. The van der Waals surface area contributed by atoms with E-state index in [-0.39, 0.29) is 0 Å². The summed E-state index contributed by atoms with van der Waals surface area (Å²) in [4.78, 5) is 0. The first kappa shape index (κ1) is 18.0. The molecule has 1 N–H and O–H groups in total. The van der Waals surface area contributed by atoms with Crippen molar-refractivity contribution < 1.29 is 9.47 Å². The van der Waals surface area contributed by atoms with E-state index in [1.165, 1.54) is 24.8 Å². The Morgan fingerprint density at radius 2 is 1.72 bits per heavy atom. The van der Waals surface area contributed by atoms with Crippen molar-refractivity contribution in [2.75, 3.05) is 13.2 Å². The largest absolute Gasteiger partial charge is 0.457 e. The third-order valence-electron chi connectivity index (χ3n) is 4.74. The average Bonchev–Trinajstić information content (AvgIpc) is 2.61. The van der Waals surface area contributed by atoms with E-state index >= 15 is 0 Å². The van der Waals surface area contributed by atoms with Crippen molar-refractivity contribution in [1.29, 1.82) is 0 Å². The Bertz CT molecular complexity index is 608. The van der Waals surface area contributed by atoms with Gasteiger partial charge in [0.1, 0.15) is 11.5 Å². The second-order valence-electron chi connectivity index (χ2n) is 6.70. The quantitative estimate of drug-likeness (QED) is 0.582. The fourth-order valence-electron chi connectivity index (χ4n) is 3.06. The number of nitrogens with one attached hydrogen (secondary N) is 1. The van der Waals surface area contributed by atoms with Gasteiger partial charge in [0.15, 0.2) is 0 Å². The van der Waals surface area contributed by atoms with E-state index in [0.717, 1.165) is 37.5 Å². The molecule has 0 aromatic heterocycles. The predicted molar refractivity (Wildman–Crippen MR) is 102 cm³/mol. The standard InChI is InChI=1S/C22H29NO2/c1-2-7-22(23-16-17-24-19-10-6-11-19)18-12-14-21(15-13-18)25-20-8-4-3-5-9-20/h3-5,8-9,12-15,19,22-23H,2,6-7,10-11,16-17H2,1H3. The summed E-state index contributed by atoms with van der Waals surface area (Å²) in [6.07, 6.45) is 6.60. The van der Waals surface area contributed by atoms with E-state index in [9.17, 15) is 0 Å². The van der Waals surface area contributed by atoms with Gasteiger partial charge in [-0.25, -0.2) is 0 Å². The van der Waals surface area contributed by atoms with Crippen molar-refractivity contribution in [3.63, 3.8) is 0 Å². The van der Waals surface area contributed by atoms with Gasteiger partial charge >= 0.3 is 0 Å². The lowest BCUT2D eigenvalue weighted by molar-refractivity contribution is 0.00341. The summed E-state index contributed by atoms with van der Waals surface area (Å²) in [5, 5.41) is 3.64. The summed E-state index contributed by atoms with van der Waals surface area (Å²) in [6, 6.07) is 18.7. The number of ether oxygens (including phenoxy) is 2. The van der Waals surface area contributed by atoms with Crippen molar-refractivity contribution in [1.82, 2.24) is 5.32 Å². The molecule has 25 heavy (non-hydrogen) atoms. The monoisotopic (exact) mass is 339 g/mol. The maximum Gasteiger partial charge on any atom is 0.127 e. The Morgan fingerprint density at radius 3 is 2.36 bits per heavy atom. The molecule has 134 valence electrons. The Hall–Kier alpha value is -1.84. The molecule has 3 nitrogen and oxygen atoms in total. The predicted octanol–water partition coefficient (Wildman–Crippen LogP) is 5.48. The van der Waals surface area contributed by atoms with Gasteiger partial charge in [0.05, 0.1) is 12.7 Å². The Labute approximate surface area is 151 Å². The molecule has 0 saturated heterocycles. The van der Waals surface area contributed by atoms with E-state index in [4.69, 9.17) is 9.47 Å². The van der Waals surface area contributed by atoms with Gasteiger partial charge in [-0.1, -0.05) is 43.7 Å². The molecule has 0 radical (unpaired) electrons. The molecule has 1 atom stereocenters. The summed E-state index contributed by atoms with van der Waals surface area (Å²) in [5.41, 5.74) is 1.31. The van der Waals surface area contributed by atoms with Crippen molar-refractivity contribution in [2.24, 2.45) is 0 Å². The minimum absolute atomic E-state index is 0.376. The van der Waals surface area contributed by atoms with Crippen LogP contribution in [-0.2, 0) is 4.74 Å². The van der Waals surface area contributed by atoms with Crippen molar-refractivity contribution in [2.45, 2.75) is 51.2 Å². The first-order chi connectivity index (χ1) is 12.3. The lowest BCUT2D eigenvalue weighted by Gasteiger charge is -2.26. The molecule has 1 aliphatic carbocycles. The first-order valence-electron chi connectivity index (χ1n) is 9.53. The molecule has 3 heteroatoms. The molecule has 0 amide bonds. The third-order valence-corrected chi connectivity index (χ3v) is 4.74. The normalized spacial score (nSPS) is 15.6. The third kappa shape index (κ3) is 5.58. The van der Waals surface area contributed by atoms with Crippen LogP contribution in [0.4, 0.5) is 0 Å². The minimum atomic E-state index is 0.376. The van der Waals surface area contributed by atoms with Crippen LogP contribution in [0.25, 0.3) is 0 Å². The number of benzene rings is 2. The summed E-state index contributed by atoms with van der Waals surface area (Å²) in [6.45, 7) is 3.94. The molecule has 0 spiro atoms. The van der Waals surface area contributed by atoms with Crippen molar-refractivity contribution in [3.8, 4) is 11.5 Å². The summed E-state index contributed by atoms with van der Waals surface area (Å²) in [5.74, 6) is 1.74. The smallest absolute Gasteiger partial charge is 0.127 e. The van der Waals surface area contributed by atoms with E-state index in [2.05, 4.69) is 36.5 Å². The van der Waals surface area contributed by atoms with Gasteiger partial charge < -0.3 is 14.8 Å². The highest BCUT2D eigenvalue weighted by atomic mass is 16.5. The van der Waals surface area contributed by atoms with Gasteiger partial charge in [-0.3, -0.25) is 0 Å². The number of hydrogen-bond acceptors (Lipinski definition) is 3. The molecule has 0 aliphatic heterocycles. The van der Waals surface area contributed by atoms with Gasteiger partial charge in [-0.2, -0.15) is 0 Å². The zero-order valence-electron chi connectivity index (χ0n) is 15.1. The lowest BCUT2D eigenvalue weighted by Crippen LogP contribution is -2.29. The van der Waals surface area contributed by atoms with Crippen LogP contribution in [0.5, 0.6) is 11.5 Å². The molecule has 2 aromatic rings. The molecule has 3 rings (SSSR count). The van der Waals surface area contributed by atoms with Gasteiger partial charge in [-0.05, 0) is 55.5 Å². The van der Waals surface area contributed by atoms with E-state index < -0.39 is 0 Å². The fraction of sp³-hybridized carbons (Fsp3) is 0.455. The number of hydrogen-bond donors (Lipinski definition) is 1. The van der Waals surface area contributed by atoms with Gasteiger partial charge in [0.2, 0.25) is 0 Å². The second kappa shape index (κ2) is 9.59. The van der Waals surface area contributed by atoms with E-state index in [1.807, 2.05) is 30.3 Å². The van der Waals surface area contributed by atoms with Crippen LogP contribution in [-0.4, -0.2) is 19.3 Å². The van der Waals surface area contributed by atoms with Gasteiger partial charge in [-0.15, -0.1) is 0 Å². The van der Waals surface area contributed by atoms with Crippen LogP contribution in [0.2, 0.25) is 0 Å². The van der Waals surface area contributed by atoms with Crippen molar-refractivity contribution in [3.05, 3.63) is 60.2 Å². The van der Waals surface area contributed by atoms with Crippen LogP contribution in [0.15, 0.2) is 54.6 Å². The summed E-state index contributed by atoms with van der Waals surface area (Å²) < 4.78 is 11.7. The first-order valence-corrected chi connectivity index (χ1v) is 9.53. The maximum atomic E-state index is 5.88. The zero-order chi connectivity index (χ0) is 17.3. The molecular formula is C22H29NO2. The molecule has 1 fully saturated rings. The highest BCUT2D eigenvalue weighted by Gasteiger charge is 2.17. The van der Waals surface area contributed by atoms with Gasteiger partial charge in [0, 0.05) is 12.6 Å². The van der Waals surface area contributed by atoms with Crippen LogP contribution < -0.4 is 10.1 Å². The van der Waals surface area contributed by atoms with Crippen LogP contribution in [0.1, 0.15) is 50.6 Å². The van der Waals surface area contributed by atoms with Gasteiger partial charge in [0.25, 0.3) is 0 Å². The molecule has 1 aliphatic rings. The maximum absolute atomic E-state index is 5.88. The van der Waals surface area contributed by atoms with Crippen LogP contribution >= 0.6 is 0 Å². The number of para-hydroxylation sites is 1. The van der Waals surface area contributed by atoms with E-state index in [0.29, 0.717) is 12.1 Å². The lowest BCUT2D eigenvalue weighted by atomic mass is 9.96. The molecule has 0 bridgehead atoms. The molecule has 1 saturated carbocycles. The average molecular weight is 339 g/mol. The topological polar surface area (TPSA) is 30.5 Å². The number of rotatable bonds is 10. The molecule has 1 unspecified atom stereocenters. The molecule has 2 aromatic carbocycles. The van der Waals surface area contributed by atoms with E-state index in [1.54, 1.807) is 0 Å². The Kier molecular flexibility index (Phi) is 6.89. The van der Waals surface area contributed by atoms with Crippen LogP contribution in [0, 0.1) is 0 Å². The molecule has 0 heterocycles. The highest BCUT2D eigenvalue weighted by molar-refractivity contribution is 5.33. The SMILES string of the molecule is CCCC(NCCOC1CCC1)c1ccc(Oc2ccccc2)cc1.